The number of hydrogen-bond acceptors (Lipinski definition) is 5. The van der Waals surface area contributed by atoms with Gasteiger partial charge in [-0.05, 0) is 38.3 Å². The van der Waals surface area contributed by atoms with Gasteiger partial charge in [0.05, 0.1) is 18.8 Å². The molecule has 8 heteroatoms. The summed E-state index contributed by atoms with van der Waals surface area (Å²) in [5.74, 6) is 0.891. The summed E-state index contributed by atoms with van der Waals surface area (Å²) >= 11 is 1.83. The topological polar surface area (TPSA) is 52.1 Å². The summed E-state index contributed by atoms with van der Waals surface area (Å²) in [6, 6.07) is 5.50. The first-order valence-corrected chi connectivity index (χ1v) is 11.6. The van der Waals surface area contributed by atoms with Crippen molar-refractivity contribution in [2.24, 2.45) is 4.99 Å². The molecule has 1 saturated carbocycles. The van der Waals surface area contributed by atoms with Crippen molar-refractivity contribution >= 4 is 41.3 Å². The molecule has 6 nitrogen and oxygen atoms in total. The first-order chi connectivity index (χ1) is 13.7. The fourth-order valence-electron chi connectivity index (χ4n) is 4.31. The van der Waals surface area contributed by atoms with Crippen molar-refractivity contribution < 1.29 is 4.74 Å². The summed E-state index contributed by atoms with van der Waals surface area (Å²) in [5, 5.41) is 9.22. The number of likely N-dealkylation sites (N-methyl/N-ethyl adjacent to an activating group) is 1. The number of morpholine rings is 1. The SMILES string of the molecule is CN=C(NCCN(C)C1CCCC1)NCC(c1cccs1)N1CCOC(C)C1.I. The molecule has 1 aromatic rings. The fourth-order valence-corrected chi connectivity index (χ4v) is 5.17. The van der Waals surface area contributed by atoms with Gasteiger partial charge in [-0.2, -0.15) is 0 Å². The Bertz CT molecular complexity index is 594. The van der Waals surface area contributed by atoms with Gasteiger partial charge in [-0.3, -0.25) is 9.89 Å². The van der Waals surface area contributed by atoms with Crippen molar-refractivity contribution in [1.29, 1.82) is 0 Å². The Kier molecular flexibility index (Phi) is 11.2. The van der Waals surface area contributed by atoms with Gasteiger partial charge in [0, 0.05) is 50.7 Å². The minimum Gasteiger partial charge on any atom is -0.376 e. The zero-order valence-electron chi connectivity index (χ0n) is 18.1. The Balaban J connectivity index is 0.00000300. The highest BCUT2D eigenvalue weighted by Gasteiger charge is 2.26. The van der Waals surface area contributed by atoms with Crippen LogP contribution in [-0.4, -0.2) is 81.3 Å². The summed E-state index contributed by atoms with van der Waals surface area (Å²) in [5.41, 5.74) is 0. The normalized spacial score (nSPS) is 22.5. The van der Waals surface area contributed by atoms with Crippen LogP contribution in [-0.2, 0) is 4.74 Å². The number of nitrogens with one attached hydrogen (secondary N) is 2. The molecular weight excluding hydrogens is 497 g/mol. The fraction of sp³-hybridized carbons (Fsp3) is 0.762. The molecule has 2 aliphatic rings. The monoisotopic (exact) mass is 535 g/mol. The molecule has 166 valence electrons. The highest BCUT2D eigenvalue weighted by Crippen LogP contribution is 2.26. The quantitative estimate of drug-likeness (QED) is 0.305. The zero-order chi connectivity index (χ0) is 19.8. The van der Waals surface area contributed by atoms with Crippen LogP contribution in [0, 0.1) is 0 Å². The third-order valence-electron chi connectivity index (χ3n) is 5.98. The van der Waals surface area contributed by atoms with Crippen LogP contribution in [0.2, 0.25) is 0 Å². The van der Waals surface area contributed by atoms with E-state index < -0.39 is 0 Å². The van der Waals surface area contributed by atoms with E-state index in [1.54, 1.807) is 0 Å². The number of guanidine groups is 1. The molecular formula is C21H38IN5OS. The number of rotatable bonds is 8. The zero-order valence-corrected chi connectivity index (χ0v) is 21.2. The lowest BCUT2D eigenvalue weighted by molar-refractivity contribution is -0.0334. The third kappa shape index (κ3) is 7.65. The smallest absolute Gasteiger partial charge is 0.191 e. The predicted molar refractivity (Wildman–Crippen MR) is 134 cm³/mol. The van der Waals surface area contributed by atoms with E-state index >= 15 is 0 Å². The molecule has 0 aromatic carbocycles. The van der Waals surface area contributed by atoms with Crippen molar-refractivity contribution in [1.82, 2.24) is 20.4 Å². The first kappa shape index (κ1) is 24.8. The summed E-state index contributed by atoms with van der Waals surface area (Å²) in [4.78, 5) is 10.9. The van der Waals surface area contributed by atoms with E-state index in [0.29, 0.717) is 12.1 Å². The Morgan fingerprint density at radius 2 is 2.17 bits per heavy atom. The molecule has 0 radical (unpaired) electrons. The van der Waals surface area contributed by atoms with E-state index in [2.05, 4.69) is 56.9 Å². The van der Waals surface area contributed by atoms with Crippen molar-refractivity contribution in [2.75, 3.05) is 53.4 Å². The minimum atomic E-state index is 0. The van der Waals surface area contributed by atoms with Crippen LogP contribution >= 0.6 is 35.3 Å². The summed E-state index contributed by atoms with van der Waals surface area (Å²) in [6.07, 6.45) is 5.76. The molecule has 29 heavy (non-hydrogen) atoms. The molecule has 3 rings (SSSR count). The highest BCUT2D eigenvalue weighted by molar-refractivity contribution is 14.0. The third-order valence-corrected chi connectivity index (χ3v) is 6.95. The molecule has 0 spiro atoms. The summed E-state index contributed by atoms with van der Waals surface area (Å²) in [6.45, 7) is 7.75. The maximum atomic E-state index is 5.74. The van der Waals surface area contributed by atoms with Gasteiger partial charge in [-0.1, -0.05) is 18.9 Å². The number of aliphatic imine (C=N–C) groups is 1. The molecule has 2 fully saturated rings. The Labute approximate surface area is 197 Å². The Morgan fingerprint density at radius 1 is 1.38 bits per heavy atom. The van der Waals surface area contributed by atoms with Crippen LogP contribution < -0.4 is 10.6 Å². The van der Waals surface area contributed by atoms with E-state index in [0.717, 1.165) is 51.3 Å². The molecule has 2 heterocycles. The number of thiophene rings is 1. The lowest BCUT2D eigenvalue weighted by Gasteiger charge is -2.37. The molecule has 1 aromatic heterocycles. The molecule has 0 amide bonds. The second-order valence-electron chi connectivity index (χ2n) is 8.01. The van der Waals surface area contributed by atoms with Gasteiger partial charge < -0.3 is 20.3 Å². The van der Waals surface area contributed by atoms with Gasteiger partial charge in [0.25, 0.3) is 0 Å². The van der Waals surface area contributed by atoms with Gasteiger partial charge in [-0.15, -0.1) is 35.3 Å². The first-order valence-electron chi connectivity index (χ1n) is 10.7. The van der Waals surface area contributed by atoms with Crippen LogP contribution in [0.3, 0.4) is 0 Å². The van der Waals surface area contributed by atoms with Crippen molar-refractivity contribution in [3.8, 4) is 0 Å². The second-order valence-corrected chi connectivity index (χ2v) is 8.99. The van der Waals surface area contributed by atoms with Crippen LogP contribution in [0.1, 0.15) is 43.5 Å². The summed E-state index contributed by atoms with van der Waals surface area (Å²) < 4.78 is 5.74. The van der Waals surface area contributed by atoms with E-state index in [1.807, 2.05) is 18.4 Å². The van der Waals surface area contributed by atoms with Crippen LogP contribution in [0.4, 0.5) is 0 Å². The number of ether oxygens (including phenoxy) is 1. The molecule has 2 unspecified atom stereocenters. The average molecular weight is 536 g/mol. The minimum absolute atomic E-state index is 0. The van der Waals surface area contributed by atoms with Gasteiger partial charge >= 0.3 is 0 Å². The van der Waals surface area contributed by atoms with Crippen molar-refractivity contribution in [3.05, 3.63) is 22.4 Å². The van der Waals surface area contributed by atoms with Gasteiger partial charge in [0.1, 0.15) is 0 Å². The van der Waals surface area contributed by atoms with Gasteiger partial charge in [-0.25, -0.2) is 0 Å². The Morgan fingerprint density at radius 3 is 2.83 bits per heavy atom. The molecule has 1 saturated heterocycles. The second kappa shape index (κ2) is 13.1. The van der Waals surface area contributed by atoms with Crippen molar-refractivity contribution in [3.63, 3.8) is 0 Å². The molecule has 1 aliphatic carbocycles. The number of hydrogen-bond donors (Lipinski definition) is 2. The van der Waals surface area contributed by atoms with Crippen molar-refractivity contribution in [2.45, 2.75) is 50.8 Å². The lowest BCUT2D eigenvalue weighted by atomic mass is 10.1. The van der Waals surface area contributed by atoms with Gasteiger partial charge in [0.15, 0.2) is 5.96 Å². The standard InChI is InChI=1S/C21H37N5OS.HI/c1-17-16-26(12-13-27-17)19(20-9-6-14-28-20)15-24-21(22-2)23-10-11-25(3)18-7-4-5-8-18;/h6,9,14,17-19H,4-5,7-8,10-13,15-16H2,1-3H3,(H2,22,23,24);1H. The Hall–Kier alpha value is -0.420. The van der Waals surface area contributed by atoms with E-state index in [4.69, 9.17) is 4.74 Å². The van der Waals surface area contributed by atoms with Crippen LogP contribution in [0.25, 0.3) is 0 Å². The molecule has 1 aliphatic heterocycles. The van der Waals surface area contributed by atoms with E-state index in [9.17, 15) is 0 Å². The maximum absolute atomic E-state index is 5.74. The van der Waals surface area contributed by atoms with Crippen LogP contribution in [0.15, 0.2) is 22.5 Å². The number of halogens is 1. The molecule has 2 N–H and O–H groups in total. The predicted octanol–water partition coefficient (Wildman–Crippen LogP) is 3.17. The number of nitrogens with zero attached hydrogens (tertiary/aromatic N) is 3. The van der Waals surface area contributed by atoms with E-state index in [-0.39, 0.29) is 24.0 Å². The lowest BCUT2D eigenvalue weighted by Crippen LogP contribution is -2.48. The van der Waals surface area contributed by atoms with E-state index in [1.165, 1.54) is 30.6 Å². The maximum Gasteiger partial charge on any atom is 0.191 e. The largest absolute Gasteiger partial charge is 0.376 e. The van der Waals surface area contributed by atoms with Crippen LogP contribution in [0.5, 0.6) is 0 Å². The van der Waals surface area contributed by atoms with Gasteiger partial charge in [0.2, 0.25) is 0 Å². The average Bonchev–Trinajstić information content (AvgIpc) is 3.41. The molecule has 0 bridgehead atoms. The molecule has 2 atom stereocenters. The highest BCUT2D eigenvalue weighted by atomic mass is 127. The summed E-state index contributed by atoms with van der Waals surface area (Å²) in [7, 11) is 4.10.